The number of hydrogen-bond donors (Lipinski definition) is 0. The molecule has 18 heteroatoms. The van der Waals surface area contributed by atoms with Crippen LogP contribution in [0.4, 0.5) is 17.6 Å². The lowest BCUT2D eigenvalue weighted by Gasteiger charge is -2.59. The molecule has 1 saturated carbocycles. The van der Waals surface area contributed by atoms with Crippen molar-refractivity contribution in [2.24, 2.45) is 38.4 Å². The molecule has 13 aliphatic heterocycles. The zero-order chi connectivity index (χ0) is 88.4. The topological polar surface area (TPSA) is 51.4 Å². The zero-order valence-electron chi connectivity index (χ0n) is 84.0. The third-order valence-corrected chi connectivity index (χ3v) is 33.0. The number of morpholine rings is 1. The number of hydrogen-bond acceptors (Lipinski definition) is 14. The summed E-state index contributed by atoms with van der Waals surface area (Å²) in [5.41, 5.74) is 1.52. The summed E-state index contributed by atoms with van der Waals surface area (Å²) in [5.74, 6) is -4.22. The van der Waals surface area contributed by atoms with E-state index in [1.807, 2.05) is 37.5 Å². The fraction of sp³-hybridized carbons (Fsp3) is 1.00. The molecule has 14 fully saturated rings. The van der Waals surface area contributed by atoms with Crippen molar-refractivity contribution in [2.45, 2.75) is 438 Å². The first-order chi connectivity index (χ1) is 55.6. The van der Waals surface area contributed by atoms with Crippen LogP contribution in [-0.2, 0) is 4.74 Å². The maximum absolute atomic E-state index is 14.3. The summed E-state index contributed by atoms with van der Waals surface area (Å²) in [6.07, 6.45) is 30.0. The summed E-state index contributed by atoms with van der Waals surface area (Å²) in [5, 5.41) is 0. The normalized spacial score (nSPS) is 27.3. The number of alkyl halides is 4. The Morgan fingerprint density at radius 3 is 0.664 bits per heavy atom. The molecular formula is C101H199F4N13O. The van der Waals surface area contributed by atoms with Gasteiger partial charge in [0, 0.05) is 144 Å². The summed E-state index contributed by atoms with van der Waals surface area (Å²) in [6, 6.07) is 7.73. The molecule has 14 nitrogen and oxygen atoms in total. The van der Waals surface area contributed by atoms with Crippen LogP contribution in [0.1, 0.15) is 342 Å². The van der Waals surface area contributed by atoms with Gasteiger partial charge < -0.3 is 43.9 Å². The Balaban J connectivity index is 0.000000190. The van der Waals surface area contributed by atoms with Gasteiger partial charge in [-0.2, -0.15) is 0 Å². The van der Waals surface area contributed by atoms with Gasteiger partial charge in [0.15, 0.2) is 0 Å². The number of nitrogens with zero attached hydrogens (tertiary/aromatic N) is 13. The standard InChI is InChI=1S/2C15H30N2.C14H28N2O.C14H28N2.2C13H24F2N2.C13H25N.C4H10/c1-13(2)16-9-5-15(6-10-16)7-11-17(12-8-15)14(3)4;1-13(2)16-10-7-15(8-11-16)6-5-9-17(12-15)14(3)4;1-12(2)15-7-5-14(6-8-15)11-16(13(3)4)9-10-17-14;1-12(2)15-8-5-14(6-9-15)7-10-16(11-14)13(3)4;2*1-10(2)16-6-5-12(13(14,15)9-16)7-17(8-12)11(3)4;1-12(2)14-10-8-13(9-11-14)6-4-3-5-7-13;1-4(2)3/h2*13-14H,5-12H2,1-4H3;12-13H,5-11H2,1-4H3;12-13H,5-11H2,1-4H3;2*10-11H,5-9H2,1-4H3;12H,3-11H2,1-2H3;4H,1-3H3. The van der Waals surface area contributed by atoms with E-state index in [1.54, 1.807) is 0 Å². The van der Waals surface area contributed by atoms with Crippen LogP contribution in [0.2, 0.25) is 0 Å². The summed E-state index contributed by atoms with van der Waals surface area (Å²) >= 11 is 0. The van der Waals surface area contributed by atoms with Crippen molar-refractivity contribution in [3.8, 4) is 0 Å². The van der Waals surface area contributed by atoms with E-state index in [0.717, 1.165) is 86.4 Å². The molecule has 14 aliphatic rings. The Bertz CT molecular complexity index is 2600. The van der Waals surface area contributed by atoms with E-state index in [4.69, 9.17) is 4.74 Å². The van der Waals surface area contributed by atoms with Crippen molar-refractivity contribution in [3.63, 3.8) is 0 Å². The maximum Gasteiger partial charge on any atom is 0.268 e. The minimum absolute atomic E-state index is 0.0589. The van der Waals surface area contributed by atoms with E-state index in [1.165, 1.54) is 233 Å². The molecule has 1 aliphatic carbocycles. The summed E-state index contributed by atoms with van der Waals surface area (Å²) in [4.78, 5) is 31.9. The van der Waals surface area contributed by atoms with Crippen molar-refractivity contribution in [1.82, 2.24) is 63.7 Å². The summed E-state index contributed by atoms with van der Waals surface area (Å²) in [7, 11) is 0. The summed E-state index contributed by atoms with van der Waals surface area (Å²) in [6.45, 7) is 92.7. The molecule has 0 amide bonds. The molecule has 7 spiro atoms. The quantitative estimate of drug-likeness (QED) is 0.165. The molecule has 14 rings (SSSR count). The molecule has 702 valence electrons. The van der Waals surface area contributed by atoms with Gasteiger partial charge in [-0.1, -0.05) is 40.0 Å². The van der Waals surface area contributed by atoms with Crippen LogP contribution in [0.15, 0.2) is 0 Å². The molecule has 0 aromatic heterocycles. The molecule has 0 bridgehead atoms. The Morgan fingerprint density at radius 1 is 0.185 bits per heavy atom. The highest BCUT2D eigenvalue weighted by molar-refractivity contribution is 5.11. The van der Waals surface area contributed by atoms with Gasteiger partial charge in [0.25, 0.3) is 11.8 Å². The van der Waals surface area contributed by atoms with Gasteiger partial charge in [0.05, 0.1) is 36.1 Å². The fourth-order valence-corrected chi connectivity index (χ4v) is 22.8. The highest BCUT2D eigenvalue weighted by Gasteiger charge is 2.64. The Hall–Kier alpha value is -0.840. The second-order valence-corrected chi connectivity index (χ2v) is 46.2. The van der Waals surface area contributed by atoms with Crippen molar-refractivity contribution in [1.29, 1.82) is 0 Å². The van der Waals surface area contributed by atoms with Gasteiger partial charge >= 0.3 is 0 Å². The van der Waals surface area contributed by atoms with Gasteiger partial charge in [-0.25, -0.2) is 17.6 Å². The number of piperidine rings is 9. The first-order valence-corrected chi connectivity index (χ1v) is 50.6. The van der Waals surface area contributed by atoms with E-state index in [9.17, 15) is 17.6 Å². The lowest BCUT2D eigenvalue weighted by molar-refractivity contribution is -0.232. The predicted molar refractivity (Wildman–Crippen MR) is 502 cm³/mol. The molecule has 0 atom stereocenters. The molecule has 0 radical (unpaired) electrons. The molecule has 13 heterocycles. The van der Waals surface area contributed by atoms with E-state index >= 15 is 0 Å². The van der Waals surface area contributed by atoms with Crippen LogP contribution in [0.3, 0.4) is 0 Å². The highest BCUT2D eigenvalue weighted by Crippen LogP contribution is 2.53. The average Bonchev–Trinajstić information content (AvgIpc) is 1.27. The second-order valence-electron chi connectivity index (χ2n) is 46.2. The van der Waals surface area contributed by atoms with Gasteiger partial charge in [0.2, 0.25) is 0 Å². The molecule has 13 saturated heterocycles. The third-order valence-electron chi connectivity index (χ3n) is 33.0. The van der Waals surface area contributed by atoms with Crippen molar-refractivity contribution in [3.05, 3.63) is 0 Å². The van der Waals surface area contributed by atoms with Crippen LogP contribution in [0.5, 0.6) is 0 Å². The third kappa shape index (κ3) is 29.8. The highest BCUT2D eigenvalue weighted by atomic mass is 19.3. The fourth-order valence-electron chi connectivity index (χ4n) is 22.8. The maximum atomic E-state index is 14.3. The molecule has 0 aromatic carbocycles. The van der Waals surface area contributed by atoms with Crippen LogP contribution in [-0.4, -0.2) is 336 Å². The number of rotatable bonds is 13. The van der Waals surface area contributed by atoms with Crippen LogP contribution < -0.4 is 0 Å². The molecular weight excluding hydrogens is 1490 g/mol. The Labute approximate surface area is 735 Å². The van der Waals surface area contributed by atoms with Crippen molar-refractivity contribution in [2.75, 3.05) is 177 Å². The van der Waals surface area contributed by atoms with E-state index in [0.29, 0.717) is 79.4 Å². The first kappa shape index (κ1) is 105. The SMILES string of the molecule is CC(C)C.CC(C)N1CCC2(CC1)CCN(C(C)C)C2.CC(C)N1CCC2(CC1)CCN(C(C)C)CC2.CC(C)N1CCC2(CC1)CN(C(C)C)CCO2.CC(C)N1CCC2(CCCCC2)CC1.CC(C)N1CCC2(CCCN(C(C)C)C2)CC1.CC(C)N1CCC2(CN(C(C)C)C2)C(F)(F)C1.CC(C)N1CCC2(CN(C(C)C)C2)C(F)(F)C1. The van der Waals surface area contributed by atoms with E-state index in [2.05, 4.69) is 227 Å². The molecule has 0 N–H and O–H groups in total. The van der Waals surface area contributed by atoms with Gasteiger partial charge in [-0.15, -0.1) is 0 Å². The van der Waals surface area contributed by atoms with Gasteiger partial charge in [-0.3, -0.25) is 24.5 Å². The van der Waals surface area contributed by atoms with Gasteiger partial charge in [-0.05, 0) is 421 Å². The van der Waals surface area contributed by atoms with Crippen molar-refractivity contribution >= 4 is 0 Å². The van der Waals surface area contributed by atoms with Crippen LogP contribution in [0.25, 0.3) is 0 Å². The van der Waals surface area contributed by atoms with Crippen LogP contribution >= 0.6 is 0 Å². The van der Waals surface area contributed by atoms with E-state index < -0.39 is 22.7 Å². The summed E-state index contributed by atoms with van der Waals surface area (Å²) < 4.78 is 63.3. The Morgan fingerprint density at radius 2 is 0.395 bits per heavy atom. The van der Waals surface area contributed by atoms with Gasteiger partial charge in [0.1, 0.15) is 0 Å². The minimum atomic E-state index is -2.53. The molecule has 0 aromatic rings. The zero-order valence-corrected chi connectivity index (χ0v) is 84.0. The smallest absolute Gasteiger partial charge is 0.268 e. The van der Waals surface area contributed by atoms with Crippen molar-refractivity contribution < 1.29 is 22.3 Å². The number of likely N-dealkylation sites (tertiary alicyclic amines) is 12. The Kier molecular flexibility index (Phi) is 41.2. The lowest BCUT2D eigenvalue weighted by Crippen LogP contribution is -2.71. The minimum Gasteiger partial charge on any atom is -0.372 e. The average molecular weight is 1690 g/mol. The number of ether oxygens (including phenoxy) is 1. The molecule has 119 heavy (non-hydrogen) atoms. The number of halogens is 4. The largest absolute Gasteiger partial charge is 0.372 e. The first-order valence-electron chi connectivity index (χ1n) is 50.6. The van der Waals surface area contributed by atoms with E-state index in [-0.39, 0.29) is 30.8 Å². The second kappa shape index (κ2) is 46.6. The lowest BCUT2D eigenvalue weighted by atomic mass is 9.68. The monoisotopic (exact) mass is 1690 g/mol. The predicted octanol–water partition coefficient (Wildman–Crippen LogP) is 20.5. The van der Waals surface area contributed by atoms with Crippen LogP contribution in [0, 0.1) is 38.4 Å². The molecule has 0 unspecified atom stereocenters.